The van der Waals surface area contributed by atoms with Crippen LogP contribution in [0.2, 0.25) is 0 Å². The zero-order valence-electron chi connectivity index (χ0n) is 20.0. The van der Waals surface area contributed by atoms with Crippen LogP contribution >= 0.6 is 0 Å². The fourth-order valence-electron chi connectivity index (χ4n) is 5.12. The van der Waals surface area contributed by atoms with Gasteiger partial charge in [0.25, 0.3) is 5.91 Å². The summed E-state index contributed by atoms with van der Waals surface area (Å²) in [5.74, 6) is 1.49. The lowest BCUT2D eigenvalue weighted by atomic mass is 9.78. The summed E-state index contributed by atoms with van der Waals surface area (Å²) in [6, 6.07) is 10.6. The van der Waals surface area contributed by atoms with Gasteiger partial charge in [0.15, 0.2) is 11.5 Å². The van der Waals surface area contributed by atoms with E-state index in [1.54, 1.807) is 45.4 Å². The standard InChI is InChI=1S/C26H32N2O5/c1-16-7-6-12-28(15-16)26(30)23-19-13-21(32-4)22(33-5)14-20(19)25(29)27(2)24(23)17-8-10-18(31-3)11-9-17/h8-11,13-14,16,23-24H,6-7,12,15H2,1-5H3/t16-,23+,24+/m1/s1. The van der Waals surface area contributed by atoms with E-state index in [1.165, 1.54) is 0 Å². The Bertz CT molecular complexity index is 1040. The van der Waals surface area contributed by atoms with Crippen molar-refractivity contribution in [1.82, 2.24) is 9.80 Å². The molecule has 2 aromatic carbocycles. The number of ether oxygens (including phenoxy) is 3. The Morgan fingerprint density at radius 2 is 1.67 bits per heavy atom. The highest BCUT2D eigenvalue weighted by Gasteiger charge is 2.45. The predicted octanol–water partition coefficient (Wildman–Crippen LogP) is 3.88. The van der Waals surface area contributed by atoms with E-state index in [9.17, 15) is 9.59 Å². The normalized spacial score (nSPS) is 22.6. The summed E-state index contributed by atoms with van der Waals surface area (Å²) in [5.41, 5.74) is 2.04. The fourth-order valence-corrected chi connectivity index (χ4v) is 5.12. The van der Waals surface area contributed by atoms with Gasteiger partial charge in [-0.3, -0.25) is 9.59 Å². The number of piperidine rings is 1. The molecule has 0 N–H and O–H groups in total. The van der Waals surface area contributed by atoms with E-state index in [0.717, 1.165) is 37.2 Å². The second-order valence-corrected chi connectivity index (χ2v) is 8.94. The Labute approximate surface area is 195 Å². The predicted molar refractivity (Wildman–Crippen MR) is 125 cm³/mol. The first-order chi connectivity index (χ1) is 15.9. The first-order valence-corrected chi connectivity index (χ1v) is 11.3. The van der Waals surface area contributed by atoms with Crippen molar-refractivity contribution in [3.8, 4) is 17.2 Å². The van der Waals surface area contributed by atoms with Gasteiger partial charge in [-0.05, 0) is 54.2 Å². The highest BCUT2D eigenvalue weighted by Crippen LogP contribution is 2.46. The topological polar surface area (TPSA) is 68.3 Å². The molecule has 2 aromatic rings. The molecule has 4 rings (SSSR count). The summed E-state index contributed by atoms with van der Waals surface area (Å²) in [7, 11) is 6.48. The van der Waals surface area contributed by atoms with E-state index in [2.05, 4.69) is 6.92 Å². The van der Waals surface area contributed by atoms with Gasteiger partial charge in [0.2, 0.25) is 5.91 Å². The zero-order chi connectivity index (χ0) is 23.7. The molecule has 2 amide bonds. The fraction of sp³-hybridized carbons (Fsp3) is 0.462. The molecule has 0 aliphatic carbocycles. The summed E-state index contributed by atoms with van der Waals surface area (Å²) in [5, 5.41) is 0. The van der Waals surface area contributed by atoms with Crippen molar-refractivity contribution in [2.45, 2.75) is 31.7 Å². The maximum absolute atomic E-state index is 14.1. The number of likely N-dealkylation sites (tertiary alicyclic amines) is 1. The molecule has 3 atom stereocenters. The molecule has 176 valence electrons. The van der Waals surface area contributed by atoms with Gasteiger partial charge in [-0.25, -0.2) is 0 Å². The molecule has 2 aliphatic heterocycles. The lowest BCUT2D eigenvalue weighted by Gasteiger charge is -2.43. The van der Waals surface area contributed by atoms with E-state index >= 15 is 0 Å². The van der Waals surface area contributed by atoms with Gasteiger partial charge >= 0.3 is 0 Å². The number of amides is 2. The molecule has 1 fully saturated rings. The minimum Gasteiger partial charge on any atom is -0.497 e. The van der Waals surface area contributed by atoms with Crippen LogP contribution in [0.4, 0.5) is 0 Å². The molecule has 0 saturated carbocycles. The maximum Gasteiger partial charge on any atom is 0.254 e. The average Bonchev–Trinajstić information content (AvgIpc) is 2.85. The van der Waals surface area contributed by atoms with E-state index in [0.29, 0.717) is 28.5 Å². The largest absolute Gasteiger partial charge is 0.497 e. The van der Waals surface area contributed by atoms with Gasteiger partial charge in [0, 0.05) is 25.7 Å². The van der Waals surface area contributed by atoms with Crippen LogP contribution in [0.3, 0.4) is 0 Å². The number of rotatable bonds is 5. The quantitative estimate of drug-likeness (QED) is 0.689. The summed E-state index contributed by atoms with van der Waals surface area (Å²) in [4.78, 5) is 31.2. The molecular weight excluding hydrogens is 420 g/mol. The van der Waals surface area contributed by atoms with Crippen LogP contribution < -0.4 is 14.2 Å². The second kappa shape index (κ2) is 9.33. The van der Waals surface area contributed by atoms with Gasteiger partial charge in [-0.15, -0.1) is 0 Å². The van der Waals surface area contributed by atoms with Crippen LogP contribution in [0.1, 0.15) is 53.2 Å². The first kappa shape index (κ1) is 23.0. The van der Waals surface area contributed by atoms with Crippen LogP contribution in [0.15, 0.2) is 36.4 Å². The molecular formula is C26H32N2O5. The number of nitrogens with zero attached hydrogens (tertiary/aromatic N) is 2. The van der Waals surface area contributed by atoms with Gasteiger partial charge in [0.05, 0.1) is 33.3 Å². The monoisotopic (exact) mass is 452 g/mol. The Kier molecular flexibility index (Phi) is 6.49. The number of methoxy groups -OCH3 is 3. The van der Waals surface area contributed by atoms with E-state index in [1.807, 2.05) is 29.2 Å². The average molecular weight is 453 g/mol. The molecule has 33 heavy (non-hydrogen) atoms. The number of likely N-dealkylation sites (N-methyl/N-ethyl adjacent to an activating group) is 1. The molecule has 0 spiro atoms. The second-order valence-electron chi connectivity index (χ2n) is 8.94. The van der Waals surface area contributed by atoms with Gasteiger partial charge in [-0.1, -0.05) is 19.1 Å². The van der Waals surface area contributed by atoms with Crippen LogP contribution in [-0.2, 0) is 4.79 Å². The molecule has 7 heteroatoms. The van der Waals surface area contributed by atoms with E-state index in [4.69, 9.17) is 14.2 Å². The van der Waals surface area contributed by atoms with Crippen molar-refractivity contribution in [2.75, 3.05) is 41.5 Å². The molecule has 0 aromatic heterocycles. The van der Waals surface area contributed by atoms with E-state index in [-0.39, 0.29) is 11.8 Å². The van der Waals surface area contributed by atoms with Crippen molar-refractivity contribution in [3.05, 3.63) is 53.1 Å². The van der Waals surface area contributed by atoms with Gasteiger partial charge in [0.1, 0.15) is 5.75 Å². The molecule has 7 nitrogen and oxygen atoms in total. The summed E-state index contributed by atoms with van der Waals surface area (Å²) >= 11 is 0. The van der Waals surface area contributed by atoms with Crippen molar-refractivity contribution in [3.63, 3.8) is 0 Å². The van der Waals surface area contributed by atoms with Crippen LogP contribution in [0.25, 0.3) is 0 Å². The van der Waals surface area contributed by atoms with E-state index < -0.39 is 12.0 Å². The summed E-state index contributed by atoms with van der Waals surface area (Å²) in [6.07, 6.45) is 2.11. The zero-order valence-corrected chi connectivity index (χ0v) is 20.0. The van der Waals surface area contributed by atoms with Crippen LogP contribution in [-0.4, -0.2) is 63.1 Å². The minimum atomic E-state index is -0.554. The summed E-state index contributed by atoms with van der Waals surface area (Å²) < 4.78 is 16.3. The van der Waals surface area contributed by atoms with Crippen LogP contribution in [0.5, 0.6) is 17.2 Å². The van der Waals surface area contributed by atoms with Crippen molar-refractivity contribution in [1.29, 1.82) is 0 Å². The molecule has 0 bridgehead atoms. The number of hydrogen-bond donors (Lipinski definition) is 0. The minimum absolute atomic E-state index is 0.0372. The Balaban J connectivity index is 1.87. The number of hydrogen-bond acceptors (Lipinski definition) is 5. The Hall–Kier alpha value is -3.22. The first-order valence-electron chi connectivity index (χ1n) is 11.3. The maximum atomic E-state index is 14.1. The number of benzene rings is 2. The molecule has 0 radical (unpaired) electrons. The highest BCUT2D eigenvalue weighted by molar-refractivity contribution is 6.02. The molecule has 0 unspecified atom stereocenters. The van der Waals surface area contributed by atoms with Crippen molar-refractivity contribution in [2.24, 2.45) is 5.92 Å². The smallest absolute Gasteiger partial charge is 0.254 e. The highest BCUT2D eigenvalue weighted by atomic mass is 16.5. The number of carbonyl (C=O) groups excluding carboxylic acids is 2. The lowest BCUT2D eigenvalue weighted by Crippen LogP contribution is -2.49. The summed E-state index contributed by atoms with van der Waals surface area (Å²) in [6.45, 7) is 3.64. The third-order valence-electron chi connectivity index (χ3n) is 6.87. The molecule has 2 aliphatic rings. The number of fused-ring (bicyclic) bond motifs is 1. The third-order valence-corrected chi connectivity index (χ3v) is 6.87. The molecule has 2 heterocycles. The van der Waals surface area contributed by atoms with Crippen molar-refractivity contribution >= 4 is 11.8 Å². The third kappa shape index (κ3) is 4.12. The SMILES string of the molecule is COc1ccc([C@H]2[C@@H](C(=O)N3CCC[C@@H](C)C3)c3cc(OC)c(OC)cc3C(=O)N2C)cc1. The van der Waals surface area contributed by atoms with Crippen LogP contribution in [0, 0.1) is 5.92 Å². The Morgan fingerprint density at radius 3 is 2.27 bits per heavy atom. The number of carbonyl (C=O) groups is 2. The lowest BCUT2D eigenvalue weighted by molar-refractivity contribution is -0.136. The van der Waals surface area contributed by atoms with Gasteiger partial charge in [-0.2, -0.15) is 0 Å². The van der Waals surface area contributed by atoms with Crippen molar-refractivity contribution < 1.29 is 23.8 Å². The molecule has 1 saturated heterocycles. The van der Waals surface area contributed by atoms with Gasteiger partial charge < -0.3 is 24.0 Å². The Morgan fingerprint density at radius 1 is 1.00 bits per heavy atom.